The van der Waals surface area contributed by atoms with Crippen molar-refractivity contribution >= 4 is 0 Å². The maximum Gasteiger partial charge on any atom is 0.334 e. The molecule has 0 aromatic carbocycles. The first kappa shape index (κ1) is 12.1. The number of aliphatic hydroxyl groups excluding tert-OH is 2. The number of hydrogen-bond acceptors (Lipinski definition) is 2. The highest BCUT2D eigenvalue weighted by molar-refractivity contribution is 4.77. The summed E-state index contributed by atoms with van der Waals surface area (Å²) in [5.74, 6) is 0. The van der Waals surface area contributed by atoms with Crippen LogP contribution in [0.25, 0.3) is 0 Å². The van der Waals surface area contributed by atoms with Crippen molar-refractivity contribution in [2.24, 2.45) is 0 Å². The lowest BCUT2D eigenvalue weighted by molar-refractivity contribution is 0.186. The third-order valence-electron chi connectivity index (χ3n) is 0.243. The fourth-order valence-corrected chi connectivity index (χ4v) is 0. The molecule has 0 atom stereocenters. The molecule has 2 nitrogen and oxygen atoms in total. The molecule has 0 aromatic rings. The normalized spacial score (nSPS) is 7.80. The maximum atomic E-state index is 10.3. The second-order valence-electron chi connectivity index (χ2n) is 0.968. The maximum absolute atomic E-state index is 10.3. The van der Waals surface area contributed by atoms with Crippen molar-refractivity contribution < 1.29 is 27.8 Å². The van der Waals surface area contributed by atoms with Crippen LogP contribution in [0.2, 0.25) is 0 Å². The first-order chi connectivity index (χ1) is 4.56. The minimum absolute atomic E-state index is 0.125. The molecule has 0 aliphatic heterocycles. The van der Waals surface area contributed by atoms with Crippen molar-refractivity contribution in [1.82, 2.24) is 0 Å². The molecule has 6 heteroatoms. The van der Waals surface area contributed by atoms with E-state index >= 15 is 0 Å². The molecule has 0 amide bonds. The average molecular weight is 162 g/mol. The molecular formula is C4H6F4O2. The summed E-state index contributed by atoms with van der Waals surface area (Å²) in [4.78, 5) is 0. The van der Waals surface area contributed by atoms with E-state index in [0.29, 0.717) is 0 Å². The molecule has 0 heterocycles. The van der Waals surface area contributed by atoms with E-state index in [1.165, 1.54) is 0 Å². The Morgan fingerprint density at radius 1 is 0.800 bits per heavy atom. The van der Waals surface area contributed by atoms with Gasteiger partial charge in [-0.1, -0.05) is 0 Å². The fraction of sp³-hybridized carbons (Fsp3) is 0.500. The van der Waals surface area contributed by atoms with Crippen LogP contribution >= 0.6 is 0 Å². The van der Waals surface area contributed by atoms with E-state index in [4.69, 9.17) is 10.2 Å². The van der Waals surface area contributed by atoms with E-state index in [1.807, 2.05) is 0 Å². The Morgan fingerprint density at radius 2 is 1.00 bits per heavy atom. The SMILES string of the molecule is FC(F)=C(F)F.OCCO. The van der Waals surface area contributed by atoms with Crippen molar-refractivity contribution in [2.75, 3.05) is 13.2 Å². The van der Waals surface area contributed by atoms with Gasteiger partial charge >= 0.3 is 12.2 Å². The molecular weight excluding hydrogens is 156 g/mol. The van der Waals surface area contributed by atoms with Crippen LogP contribution < -0.4 is 0 Å². The molecule has 0 spiro atoms. The lowest BCUT2D eigenvalue weighted by atomic mass is 10.8. The van der Waals surface area contributed by atoms with Gasteiger partial charge in [0.2, 0.25) is 0 Å². The van der Waals surface area contributed by atoms with Gasteiger partial charge in [0, 0.05) is 0 Å². The molecule has 0 saturated heterocycles. The Morgan fingerprint density at radius 3 is 1.00 bits per heavy atom. The van der Waals surface area contributed by atoms with E-state index in [0.717, 1.165) is 0 Å². The molecule has 0 bridgehead atoms. The zero-order valence-corrected chi connectivity index (χ0v) is 4.82. The summed E-state index contributed by atoms with van der Waals surface area (Å²) < 4.78 is 41.1. The highest BCUT2D eigenvalue weighted by Crippen LogP contribution is 2.08. The second kappa shape index (κ2) is 8.38. The third-order valence-corrected chi connectivity index (χ3v) is 0.243. The Hall–Kier alpha value is -0.620. The van der Waals surface area contributed by atoms with E-state index < -0.39 is 12.2 Å². The predicted molar refractivity (Wildman–Crippen MR) is 25.6 cm³/mol. The lowest BCUT2D eigenvalue weighted by Crippen LogP contribution is -1.85. The van der Waals surface area contributed by atoms with Crippen LogP contribution in [0.5, 0.6) is 0 Å². The van der Waals surface area contributed by atoms with Crippen LogP contribution in [-0.2, 0) is 0 Å². The van der Waals surface area contributed by atoms with Gasteiger partial charge in [0.15, 0.2) is 0 Å². The number of halogens is 4. The van der Waals surface area contributed by atoms with Gasteiger partial charge in [-0.3, -0.25) is 0 Å². The van der Waals surface area contributed by atoms with Crippen LogP contribution in [0, 0.1) is 0 Å². The zero-order valence-electron chi connectivity index (χ0n) is 4.82. The van der Waals surface area contributed by atoms with Gasteiger partial charge < -0.3 is 10.2 Å². The van der Waals surface area contributed by atoms with E-state index in [2.05, 4.69) is 0 Å². The number of rotatable bonds is 1. The summed E-state index contributed by atoms with van der Waals surface area (Å²) in [7, 11) is 0. The quantitative estimate of drug-likeness (QED) is 0.564. The van der Waals surface area contributed by atoms with Crippen molar-refractivity contribution in [3.8, 4) is 0 Å². The zero-order chi connectivity index (χ0) is 8.57. The third kappa shape index (κ3) is 15.7. The van der Waals surface area contributed by atoms with Crippen molar-refractivity contribution in [2.45, 2.75) is 0 Å². The molecule has 0 rings (SSSR count). The standard InChI is InChI=1S/C2F4.C2H6O2/c3-1(4)2(5)6;3-1-2-4/h;3-4H,1-2H2. The highest BCUT2D eigenvalue weighted by atomic mass is 19.3. The van der Waals surface area contributed by atoms with Gasteiger partial charge in [0.1, 0.15) is 0 Å². The largest absolute Gasteiger partial charge is 0.394 e. The molecule has 0 radical (unpaired) electrons. The van der Waals surface area contributed by atoms with Crippen LogP contribution in [0.4, 0.5) is 17.6 Å². The van der Waals surface area contributed by atoms with Crippen LogP contribution in [-0.4, -0.2) is 23.4 Å². The van der Waals surface area contributed by atoms with Gasteiger partial charge in [-0.15, -0.1) is 0 Å². The second-order valence-corrected chi connectivity index (χ2v) is 0.968. The number of aliphatic hydroxyl groups is 2. The molecule has 0 fully saturated rings. The molecule has 0 saturated carbocycles. The Labute approximate surface area is 54.4 Å². The summed E-state index contributed by atoms with van der Waals surface area (Å²) in [6, 6.07) is 0. The van der Waals surface area contributed by atoms with Gasteiger partial charge in [-0.2, -0.15) is 17.6 Å². The monoisotopic (exact) mass is 162 g/mol. The van der Waals surface area contributed by atoms with Crippen LogP contribution in [0.1, 0.15) is 0 Å². The Bertz CT molecular complexity index is 83.4. The molecule has 0 aromatic heterocycles. The summed E-state index contributed by atoms with van der Waals surface area (Å²) in [5, 5.41) is 15.2. The van der Waals surface area contributed by atoms with Gasteiger partial charge in [-0.05, 0) is 0 Å². The Balaban J connectivity index is 0. The fourth-order valence-electron chi connectivity index (χ4n) is 0. The minimum Gasteiger partial charge on any atom is -0.394 e. The molecule has 0 aliphatic carbocycles. The van der Waals surface area contributed by atoms with E-state index in [1.54, 1.807) is 0 Å². The average Bonchev–Trinajstić information content (AvgIpc) is 1.89. The van der Waals surface area contributed by atoms with Gasteiger partial charge in [0.05, 0.1) is 13.2 Å². The Kier molecular flexibility index (Phi) is 10.1. The van der Waals surface area contributed by atoms with Crippen LogP contribution in [0.15, 0.2) is 12.2 Å². The first-order valence-corrected chi connectivity index (χ1v) is 2.14. The summed E-state index contributed by atoms with van der Waals surface area (Å²) >= 11 is 0. The molecule has 2 N–H and O–H groups in total. The first-order valence-electron chi connectivity index (χ1n) is 2.14. The van der Waals surface area contributed by atoms with Crippen molar-refractivity contribution in [3.63, 3.8) is 0 Å². The van der Waals surface area contributed by atoms with Crippen LogP contribution in [0.3, 0.4) is 0 Å². The summed E-state index contributed by atoms with van der Waals surface area (Å²) in [6.07, 6.45) is -5.81. The molecule has 0 aliphatic rings. The summed E-state index contributed by atoms with van der Waals surface area (Å²) in [5.41, 5.74) is 0. The molecule has 0 unspecified atom stereocenters. The minimum atomic E-state index is -2.91. The lowest BCUT2D eigenvalue weighted by Gasteiger charge is -1.70. The van der Waals surface area contributed by atoms with Crippen molar-refractivity contribution in [1.29, 1.82) is 0 Å². The van der Waals surface area contributed by atoms with E-state index in [9.17, 15) is 17.6 Å². The topological polar surface area (TPSA) is 40.5 Å². The predicted octanol–water partition coefficient (Wildman–Crippen LogP) is 0.962. The smallest absolute Gasteiger partial charge is 0.334 e. The van der Waals surface area contributed by atoms with Gasteiger partial charge in [-0.25, -0.2) is 0 Å². The highest BCUT2D eigenvalue weighted by Gasteiger charge is 1.98. The van der Waals surface area contributed by atoms with E-state index in [-0.39, 0.29) is 13.2 Å². The summed E-state index contributed by atoms with van der Waals surface area (Å²) in [6.45, 7) is -0.250. The number of hydrogen-bond donors (Lipinski definition) is 2. The van der Waals surface area contributed by atoms with Gasteiger partial charge in [0.25, 0.3) is 0 Å². The van der Waals surface area contributed by atoms with Crippen molar-refractivity contribution in [3.05, 3.63) is 12.2 Å². The molecule has 10 heavy (non-hydrogen) atoms. The molecule has 62 valence electrons.